The highest BCUT2D eigenvalue weighted by molar-refractivity contribution is 6.08. The lowest BCUT2D eigenvalue weighted by Gasteiger charge is -2.33. The summed E-state index contributed by atoms with van der Waals surface area (Å²) in [6.07, 6.45) is 1.14. The van der Waals surface area contributed by atoms with Crippen molar-refractivity contribution >= 4 is 16.7 Å². The molecule has 2 aromatic rings. The second-order valence-corrected chi connectivity index (χ2v) is 6.70. The minimum absolute atomic E-state index is 0.221. The van der Waals surface area contributed by atoms with Crippen molar-refractivity contribution in [3.05, 3.63) is 47.0 Å². The second-order valence-electron chi connectivity index (χ2n) is 6.70. The van der Waals surface area contributed by atoms with Crippen molar-refractivity contribution in [1.82, 2.24) is 4.90 Å². The molecule has 25 heavy (non-hydrogen) atoms. The Balaban J connectivity index is 1.59. The number of nitrogens with zero attached hydrogens (tertiary/aromatic N) is 1. The predicted molar refractivity (Wildman–Crippen MR) is 94.6 cm³/mol. The highest BCUT2D eigenvalue weighted by Crippen LogP contribution is 2.31. The van der Waals surface area contributed by atoms with Crippen LogP contribution in [-0.2, 0) is 27.4 Å². The van der Waals surface area contributed by atoms with E-state index < -0.39 is 0 Å². The zero-order valence-corrected chi connectivity index (χ0v) is 14.5. The minimum Gasteiger partial charge on any atom is -0.457 e. The van der Waals surface area contributed by atoms with E-state index in [0.29, 0.717) is 12.2 Å². The van der Waals surface area contributed by atoms with Crippen molar-refractivity contribution in [3.8, 4) is 0 Å². The smallest absolute Gasteiger partial charge is 0.339 e. The molecule has 4 rings (SSSR count). The number of hydrogen-bond donors (Lipinski definition) is 0. The molecular weight excluding hydrogens is 318 g/mol. The van der Waals surface area contributed by atoms with Crippen LogP contribution in [0.2, 0.25) is 0 Å². The standard InChI is InChI=1S/C20H23NO4/c1-23-9-7-16-12-21(8-10-24-16)11-14-5-6-15-13-25-20(22)18-4-2-3-17(14)19(15)18/h2-6,16H,7-13H2,1H3/t16-/m1/s1. The van der Waals surface area contributed by atoms with E-state index in [9.17, 15) is 4.79 Å². The van der Waals surface area contributed by atoms with Gasteiger partial charge in [0.15, 0.2) is 0 Å². The Morgan fingerprint density at radius 3 is 3.08 bits per heavy atom. The van der Waals surface area contributed by atoms with Crippen LogP contribution in [0.5, 0.6) is 0 Å². The van der Waals surface area contributed by atoms with Crippen molar-refractivity contribution in [2.75, 3.05) is 33.4 Å². The zero-order valence-electron chi connectivity index (χ0n) is 14.5. The number of ether oxygens (including phenoxy) is 3. The van der Waals surface area contributed by atoms with E-state index in [1.165, 1.54) is 5.56 Å². The van der Waals surface area contributed by atoms with Gasteiger partial charge in [-0.3, -0.25) is 4.90 Å². The molecule has 2 heterocycles. The van der Waals surface area contributed by atoms with E-state index in [1.807, 2.05) is 12.1 Å². The average Bonchev–Trinajstić information content (AvgIpc) is 2.65. The molecule has 0 unspecified atom stereocenters. The van der Waals surface area contributed by atoms with E-state index in [2.05, 4.69) is 23.1 Å². The first-order chi connectivity index (χ1) is 12.3. The van der Waals surface area contributed by atoms with E-state index in [4.69, 9.17) is 14.2 Å². The van der Waals surface area contributed by atoms with Gasteiger partial charge >= 0.3 is 5.97 Å². The lowest BCUT2D eigenvalue weighted by atomic mass is 9.94. The maximum atomic E-state index is 12.1. The number of carbonyl (C=O) groups excluding carboxylic acids is 1. The number of benzene rings is 2. The third kappa shape index (κ3) is 3.27. The molecule has 0 saturated carbocycles. The maximum absolute atomic E-state index is 12.1. The van der Waals surface area contributed by atoms with Gasteiger partial charge in [0.1, 0.15) is 6.61 Å². The van der Waals surface area contributed by atoms with Crippen LogP contribution in [0.25, 0.3) is 10.8 Å². The molecule has 0 aliphatic carbocycles. The van der Waals surface area contributed by atoms with Gasteiger partial charge in [0.2, 0.25) is 0 Å². The first kappa shape index (κ1) is 16.5. The SMILES string of the molecule is COCC[C@@H]1CN(Cc2ccc3c4c(cccc24)C(=O)OC3)CCO1. The molecule has 132 valence electrons. The average molecular weight is 341 g/mol. The summed E-state index contributed by atoms with van der Waals surface area (Å²) >= 11 is 0. The van der Waals surface area contributed by atoms with Gasteiger partial charge in [-0.25, -0.2) is 4.79 Å². The molecule has 2 aliphatic heterocycles. The summed E-state index contributed by atoms with van der Waals surface area (Å²) in [5, 5.41) is 2.21. The summed E-state index contributed by atoms with van der Waals surface area (Å²) < 4.78 is 16.3. The number of morpholine rings is 1. The van der Waals surface area contributed by atoms with Gasteiger partial charge in [0.05, 0.1) is 18.3 Å². The summed E-state index contributed by atoms with van der Waals surface area (Å²) in [6, 6.07) is 10.2. The Labute approximate surface area is 147 Å². The molecule has 0 radical (unpaired) electrons. The molecule has 1 atom stereocenters. The number of cyclic esters (lactones) is 1. The normalized spacial score (nSPS) is 20.7. The van der Waals surface area contributed by atoms with Crippen LogP contribution >= 0.6 is 0 Å². The first-order valence-corrected chi connectivity index (χ1v) is 8.80. The van der Waals surface area contributed by atoms with Crippen LogP contribution in [-0.4, -0.2) is 50.4 Å². The van der Waals surface area contributed by atoms with Crippen molar-refractivity contribution in [2.24, 2.45) is 0 Å². The van der Waals surface area contributed by atoms with Gasteiger partial charge in [-0.1, -0.05) is 24.3 Å². The summed E-state index contributed by atoms with van der Waals surface area (Å²) in [7, 11) is 1.72. The maximum Gasteiger partial charge on any atom is 0.339 e. The molecule has 2 aromatic carbocycles. The highest BCUT2D eigenvalue weighted by Gasteiger charge is 2.24. The number of methoxy groups -OCH3 is 1. The molecule has 5 nitrogen and oxygen atoms in total. The van der Waals surface area contributed by atoms with Crippen molar-refractivity contribution < 1.29 is 19.0 Å². The third-order valence-electron chi connectivity index (χ3n) is 5.06. The first-order valence-electron chi connectivity index (χ1n) is 8.80. The number of carbonyl (C=O) groups is 1. The third-order valence-corrected chi connectivity index (χ3v) is 5.06. The zero-order chi connectivity index (χ0) is 17.2. The van der Waals surface area contributed by atoms with E-state index in [-0.39, 0.29) is 12.1 Å². The molecule has 1 saturated heterocycles. The fraction of sp³-hybridized carbons (Fsp3) is 0.450. The van der Waals surface area contributed by atoms with Crippen LogP contribution in [0.15, 0.2) is 30.3 Å². The summed E-state index contributed by atoms with van der Waals surface area (Å²) in [5.41, 5.74) is 3.03. The van der Waals surface area contributed by atoms with E-state index in [1.54, 1.807) is 7.11 Å². The lowest BCUT2D eigenvalue weighted by Crippen LogP contribution is -2.42. The Kier molecular flexibility index (Phi) is 4.70. The van der Waals surface area contributed by atoms with Crippen molar-refractivity contribution in [1.29, 1.82) is 0 Å². The molecule has 2 aliphatic rings. The van der Waals surface area contributed by atoms with Crippen molar-refractivity contribution in [2.45, 2.75) is 25.7 Å². The molecule has 0 spiro atoms. The topological polar surface area (TPSA) is 48.0 Å². The highest BCUT2D eigenvalue weighted by atomic mass is 16.5. The number of hydrogen-bond acceptors (Lipinski definition) is 5. The molecule has 0 amide bonds. The lowest BCUT2D eigenvalue weighted by molar-refractivity contribution is -0.0431. The van der Waals surface area contributed by atoms with Crippen LogP contribution in [0.4, 0.5) is 0 Å². The van der Waals surface area contributed by atoms with Crippen LogP contribution in [0, 0.1) is 0 Å². The van der Waals surface area contributed by atoms with Gasteiger partial charge in [0, 0.05) is 38.7 Å². The Morgan fingerprint density at radius 2 is 2.20 bits per heavy atom. The van der Waals surface area contributed by atoms with Gasteiger partial charge < -0.3 is 14.2 Å². The van der Waals surface area contributed by atoms with Crippen LogP contribution in [0.3, 0.4) is 0 Å². The van der Waals surface area contributed by atoms with E-state index >= 15 is 0 Å². The summed E-state index contributed by atoms with van der Waals surface area (Å²) in [4.78, 5) is 14.5. The number of rotatable bonds is 5. The van der Waals surface area contributed by atoms with E-state index in [0.717, 1.165) is 55.6 Å². The molecule has 0 aromatic heterocycles. The Bertz CT molecular complexity index is 789. The van der Waals surface area contributed by atoms with Gasteiger partial charge in [-0.15, -0.1) is 0 Å². The monoisotopic (exact) mass is 341 g/mol. The summed E-state index contributed by atoms with van der Waals surface area (Å²) in [5.74, 6) is -0.221. The minimum atomic E-state index is -0.221. The fourth-order valence-corrected chi connectivity index (χ4v) is 3.78. The Hall–Kier alpha value is -1.95. The van der Waals surface area contributed by atoms with Gasteiger partial charge in [-0.05, 0) is 29.0 Å². The Morgan fingerprint density at radius 1 is 1.28 bits per heavy atom. The predicted octanol–water partition coefficient (Wildman–Crippen LogP) is 2.75. The number of esters is 1. The fourth-order valence-electron chi connectivity index (χ4n) is 3.78. The largest absolute Gasteiger partial charge is 0.457 e. The van der Waals surface area contributed by atoms with Gasteiger partial charge in [0.25, 0.3) is 0 Å². The molecular formula is C20H23NO4. The molecule has 0 bridgehead atoms. The molecule has 5 heteroatoms. The van der Waals surface area contributed by atoms with Gasteiger partial charge in [-0.2, -0.15) is 0 Å². The van der Waals surface area contributed by atoms with Crippen molar-refractivity contribution in [3.63, 3.8) is 0 Å². The van der Waals surface area contributed by atoms with Crippen LogP contribution < -0.4 is 0 Å². The molecule has 1 fully saturated rings. The van der Waals surface area contributed by atoms with Crippen LogP contribution in [0.1, 0.15) is 27.9 Å². The second kappa shape index (κ2) is 7.12. The molecule has 0 N–H and O–H groups in total. The quantitative estimate of drug-likeness (QED) is 0.783. The summed E-state index contributed by atoms with van der Waals surface area (Å²) in [6.45, 7) is 4.54.